The summed E-state index contributed by atoms with van der Waals surface area (Å²) in [4.78, 5) is 7.11. The quantitative estimate of drug-likeness (QED) is 0.814. The summed E-state index contributed by atoms with van der Waals surface area (Å²) in [6.07, 6.45) is 4.20. The summed E-state index contributed by atoms with van der Waals surface area (Å²) in [6, 6.07) is 0. The van der Waals surface area contributed by atoms with Crippen LogP contribution in [-0.2, 0) is 6.54 Å². The van der Waals surface area contributed by atoms with Gasteiger partial charge in [-0.05, 0) is 6.42 Å². The monoisotopic (exact) mass is 213 g/mol. The first kappa shape index (κ1) is 9.61. The lowest BCUT2D eigenvalue weighted by molar-refractivity contribution is 0.261. The van der Waals surface area contributed by atoms with Gasteiger partial charge in [-0.15, -0.1) is 11.3 Å². The molecule has 0 spiro atoms. The highest BCUT2D eigenvalue weighted by molar-refractivity contribution is 7.15. The molecule has 0 amide bonds. The number of hydrogen-bond donors (Lipinski definition) is 1. The van der Waals surface area contributed by atoms with Crippen molar-refractivity contribution in [2.24, 2.45) is 0 Å². The van der Waals surface area contributed by atoms with Crippen molar-refractivity contribution in [3.8, 4) is 0 Å². The zero-order valence-electron chi connectivity index (χ0n) is 7.74. The van der Waals surface area contributed by atoms with Gasteiger partial charge >= 0.3 is 0 Å². The molecular formula is C9H12FN3S. The predicted molar refractivity (Wildman–Crippen MR) is 55.6 cm³/mol. The summed E-state index contributed by atoms with van der Waals surface area (Å²) >= 11 is 1.47. The topological polar surface area (TPSA) is 42.1 Å². The summed E-state index contributed by atoms with van der Waals surface area (Å²) in [6.45, 7) is 2.07. The molecule has 1 aromatic rings. The summed E-state index contributed by atoms with van der Waals surface area (Å²) in [7, 11) is 0. The summed E-state index contributed by atoms with van der Waals surface area (Å²) in [5.74, 6) is -0.0336. The maximum Gasteiger partial charge on any atom is 0.180 e. The second kappa shape index (κ2) is 4.06. The summed E-state index contributed by atoms with van der Waals surface area (Å²) in [5, 5.41) is 0.577. The molecule has 2 N–H and O–H groups in total. The van der Waals surface area contributed by atoms with E-state index in [9.17, 15) is 4.39 Å². The van der Waals surface area contributed by atoms with Gasteiger partial charge in [-0.25, -0.2) is 9.37 Å². The van der Waals surface area contributed by atoms with Gasteiger partial charge < -0.3 is 5.73 Å². The minimum atomic E-state index is -0.0336. The predicted octanol–water partition coefficient (Wildman–Crippen LogP) is 1.78. The van der Waals surface area contributed by atoms with E-state index in [2.05, 4.69) is 9.88 Å². The fourth-order valence-electron chi connectivity index (χ4n) is 1.51. The second-order valence-electron chi connectivity index (χ2n) is 3.32. The fraction of sp³-hybridized carbons (Fsp3) is 0.444. The van der Waals surface area contributed by atoms with Gasteiger partial charge in [0, 0.05) is 24.2 Å². The van der Waals surface area contributed by atoms with Crippen LogP contribution < -0.4 is 5.73 Å². The third-order valence-corrected chi connectivity index (χ3v) is 2.95. The average Bonchev–Trinajstić information content (AvgIpc) is 2.51. The Bertz CT molecular complexity index is 348. The number of aromatic nitrogens is 1. The van der Waals surface area contributed by atoms with Crippen LogP contribution in [0.25, 0.3) is 0 Å². The van der Waals surface area contributed by atoms with Crippen LogP contribution in [0.2, 0.25) is 0 Å². The zero-order chi connectivity index (χ0) is 9.97. The van der Waals surface area contributed by atoms with Crippen molar-refractivity contribution in [3.05, 3.63) is 23.0 Å². The lowest BCUT2D eigenvalue weighted by atomic mass is 10.2. The van der Waals surface area contributed by atoms with Crippen molar-refractivity contribution < 1.29 is 4.39 Å². The average molecular weight is 213 g/mol. The van der Waals surface area contributed by atoms with Gasteiger partial charge in [-0.2, -0.15) is 0 Å². The highest BCUT2D eigenvalue weighted by Gasteiger charge is 2.13. The number of nitrogens with two attached hydrogens (primary N) is 1. The second-order valence-corrected chi connectivity index (χ2v) is 4.46. The van der Waals surface area contributed by atoms with Crippen LogP contribution in [0, 0.1) is 0 Å². The Kier molecular flexibility index (Phi) is 2.79. The minimum Gasteiger partial charge on any atom is -0.375 e. The first-order valence-corrected chi connectivity index (χ1v) is 5.33. The standard InChI is InChI=1S/C9H12FN3S/c10-7-2-1-3-13(5-7)6-8-4-12-9(11)14-8/h2,4H,1,3,5-6H2,(H2,11,12). The first-order chi connectivity index (χ1) is 6.74. The largest absolute Gasteiger partial charge is 0.375 e. The number of nitrogen functional groups attached to an aromatic ring is 1. The van der Waals surface area contributed by atoms with Crippen LogP contribution >= 0.6 is 11.3 Å². The third kappa shape index (κ3) is 2.30. The van der Waals surface area contributed by atoms with Crippen LogP contribution in [-0.4, -0.2) is 23.0 Å². The summed E-state index contributed by atoms with van der Waals surface area (Å²) in [5.41, 5.74) is 5.51. The number of rotatable bonds is 2. The third-order valence-electron chi connectivity index (χ3n) is 2.14. The highest BCUT2D eigenvalue weighted by Crippen LogP contribution is 2.19. The van der Waals surface area contributed by atoms with Gasteiger partial charge in [-0.3, -0.25) is 4.90 Å². The fourth-order valence-corrected chi connectivity index (χ4v) is 2.24. The molecular weight excluding hydrogens is 201 g/mol. The van der Waals surface area contributed by atoms with Crippen molar-refractivity contribution in [1.29, 1.82) is 0 Å². The van der Waals surface area contributed by atoms with E-state index in [0.29, 0.717) is 11.7 Å². The molecule has 0 atom stereocenters. The highest BCUT2D eigenvalue weighted by atomic mass is 32.1. The normalized spacial score (nSPS) is 18.2. The van der Waals surface area contributed by atoms with Crippen molar-refractivity contribution >= 4 is 16.5 Å². The maximum absolute atomic E-state index is 12.9. The maximum atomic E-state index is 12.9. The smallest absolute Gasteiger partial charge is 0.180 e. The lowest BCUT2D eigenvalue weighted by Crippen LogP contribution is -2.28. The molecule has 0 radical (unpaired) electrons. The van der Waals surface area contributed by atoms with Crippen LogP contribution in [0.1, 0.15) is 11.3 Å². The van der Waals surface area contributed by atoms with E-state index in [-0.39, 0.29) is 5.83 Å². The van der Waals surface area contributed by atoms with Crippen LogP contribution in [0.5, 0.6) is 0 Å². The molecule has 0 bridgehead atoms. The minimum absolute atomic E-state index is 0.0336. The Hall–Kier alpha value is -0.940. The number of halogens is 1. The van der Waals surface area contributed by atoms with Gasteiger partial charge in [0.25, 0.3) is 0 Å². The van der Waals surface area contributed by atoms with Gasteiger partial charge in [-0.1, -0.05) is 6.08 Å². The van der Waals surface area contributed by atoms with Crippen molar-refractivity contribution in [2.45, 2.75) is 13.0 Å². The molecule has 0 aliphatic carbocycles. The molecule has 0 saturated carbocycles. The van der Waals surface area contributed by atoms with Crippen LogP contribution in [0.15, 0.2) is 18.1 Å². The molecule has 0 fully saturated rings. The Morgan fingerprint density at radius 1 is 1.64 bits per heavy atom. The van der Waals surface area contributed by atoms with E-state index in [1.807, 2.05) is 0 Å². The Labute approximate surface area is 86.1 Å². The Balaban J connectivity index is 1.95. The molecule has 1 aromatic heterocycles. The molecule has 0 aromatic carbocycles. The number of nitrogens with zero attached hydrogens (tertiary/aromatic N) is 2. The van der Waals surface area contributed by atoms with E-state index in [0.717, 1.165) is 24.4 Å². The number of anilines is 1. The van der Waals surface area contributed by atoms with Crippen LogP contribution in [0.3, 0.4) is 0 Å². The van der Waals surface area contributed by atoms with Crippen molar-refractivity contribution in [1.82, 2.24) is 9.88 Å². The van der Waals surface area contributed by atoms with Crippen molar-refractivity contribution in [2.75, 3.05) is 18.8 Å². The molecule has 0 saturated heterocycles. The van der Waals surface area contributed by atoms with E-state index >= 15 is 0 Å². The lowest BCUT2D eigenvalue weighted by Gasteiger charge is -2.23. The Morgan fingerprint density at radius 3 is 3.14 bits per heavy atom. The molecule has 2 rings (SSSR count). The number of thiazole rings is 1. The molecule has 1 aliphatic heterocycles. The zero-order valence-corrected chi connectivity index (χ0v) is 8.56. The SMILES string of the molecule is Nc1ncc(CN2CCC=C(F)C2)s1. The molecule has 3 nitrogen and oxygen atoms in total. The van der Waals surface area contributed by atoms with Gasteiger partial charge in [0.1, 0.15) is 5.83 Å². The molecule has 1 aliphatic rings. The van der Waals surface area contributed by atoms with Crippen molar-refractivity contribution in [3.63, 3.8) is 0 Å². The molecule has 76 valence electrons. The number of hydrogen-bond acceptors (Lipinski definition) is 4. The van der Waals surface area contributed by atoms with E-state index < -0.39 is 0 Å². The molecule has 5 heteroatoms. The van der Waals surface area contributed by atoms with E-state index in [1.165, 1.54) is 11.3 Å². The van der Waals surface area contributed by atoms with Gasteiger partial charge in [0.2, 0.25) is 0 Å². The van der Waals surface area contributed by atoms with E-state index in [4.69, 9.17) is 5.73 Å². The van der Waals surface area contributed by atoms with E-state index in [1.54, 1.807) is 12.3 Å². The van der Waals surface area contributed by atoms with Crippen LogP contribution in [0.4, 0.5) is 9.52 Å². The van der Waals surface area contributed by atoms with Gasteiger partial charge in [0.05, 0.1) is 6.54 Å². The summed E-state index contributed by atoms with van der Waals surface area (Å²) < 4.78 is 12.9. The molecule has 0 unspecified atom stereocenters. The Morgan fingerprint density at radius 2 is 2.50 bits per heavy atom. The molecule has 2 heterocycles. The van der Waals surface area contributed by atoms with Gasteiger partial charge in [0.15, 0.2) is 5.13 Å². The molecule has 14 heavy (non-hydrogen) atoms. The first-order valence-electron chi connectivity index (χ1n) is 4.51.